The summed E-state index contributed by atoms with van der Waals surface area (Å²) in [6.07, 6.45) is 0. The van der Waals surface area contributed by atoms with Gasteiger partial charge in [-0.25, -0.2) is 0 Å². The zero-order valence-electron chi connectivity index (χ0n) is 7.21. The van der Waals surface area contributed by atoms with Crippen LogP contribution in [-0.2, 0) is 4.74 Å². The van der Waals surface area contributed by atoms with E-state index in [2.05, 4.69) is 6.58 Å². The summed E-state index contributed by atoms with van der Waals surface area (Å²) in [4.78, 5) is 0. The summed E-state index contributed by atoms with van der Waals surface area (Å²) < 4.78 is 5.23. The van der Waals surface area contributed by atoms with Gasteiger partial charge >= 0.3 is 0 Å². The molecule has 1 aromatic rings. The Labute approximate surface area is 72.7 Å². The third kappa shape index (κ3) is 1.78. The Morgan fingerprint density at radius 1 is 1.50 bits per heavy atom. The van der Waals surface area contributed by atoms with E-state index in [1.165, 1.54) is 0 Å². The fourth-order valence-corrected chi connectivity index (χ4v) is 1.00. The fraction of sp³-hybridized carbons (Fsp3) is 0.200. The predicted octanol–water partition coefficient (Wildman–Crippen LogP) is 2.28. The minimum absolute atomic E-state index is 0.618. The fourth-order valence-electron chi connectivity index (χ4n) is 1.00. The number of para-hydroxylation sites is 1. The second-order valence-corrected chi connectivity index (χ2v) is 2.44. The van der Waals surface area contributed by atoms with E-state index in [0.29, 0.717) is 18.1 Å². The maximum Gasteiger partial charge on any atom is 0.121 e. The zero-order chi connectivity index (χ0) is 8.97. The topological polar surface area (TPSA) is 35.2 Å². The van der Waals surface area contributed by atoms with Gasteiger partial charge in [-0.1, -0.05) is 18.7 Å². The lowest BCUT2D eigenvalue weighted by Gasteiger charge is -2.08. The van der Waals surface area contributed by atoms with E-state index < -0.39 is 0 Å². The van der Waals surface area contributed by atoms with Crippen molar-refractivity contribution in [3.05, 3.63) is 36.4 Å². The maximum absolute atomic E-state index is 5.71. The van der Waals surface area contributed by atoms with E-state index in [-0.39, 0.29) is 0 Å². The highest BCUT2D eigenvalue weighted by Crippen LogP contribution is 2.19. The van der Waals surface area contributed by atoms with Crippen molar-refractivity contribution in [2.75, 3.05) is 12.3 Å². The molecule has 0 fully saturated rings. The number of hydrogen-bond donors (Lipinski definition) is 1. The van der Waals surface area contributed by atoms with Crippen molar-refractivity contribution >= 4 is 11.4 Å². The average molecular weight is 163 g/mol. The highest BCUT2D eigenvalue weighted by molar-refractivity contribution is 5.69. The van der Waals surface area contributed by atoms with Crippen molar-refractivity contribution in [3.63, 3.8) is 0 Å². The first-order valence-corrected chi connectivity index (χ1v) is 3.92. The number of nitrogens with two attached hydrogens (primary N) is 1. The lowest BCUT2D eigenvalue weighted by Crippen LogP contribution is -1.95. The second-order valence-electron chi connectivity index (χ2n) is 2.44. The van der Waals surface area contributed by atoms with E-state index in [1.807, 2.05) is 31.2 Å². The summed E-state index contributed by atoms with van der Waals surface area (Å²) in [6.45, 7) is 6.31. The molecule has 1 aromatic carbocycles. The molecule has 0 bridgehead atoms. The van der Waals surface area contributed by atoms with E-state index in [1.54, 1.807) is 0 Å². The summed E-state index contributed by atoms with van der Waals surface area (Å²) in [6, 6.07) is 7.53. The van der Waals surface area contributed by atoms with Crippen molar-refractivity contribution < 1.29 is 4.74 Å². The minimum Gasteiger partial charge on any atom is -0.494 e. The van der Waals surface area contributed by atoms with Gasteiger partial charge in [0.15, 0.2) is 0 Å². The van der Waals surface area contributed by atoms with Gasteiger partial charge in [0.1, 0.15) is 5.76 Å². The largest absolute Gasteiger partial charge is 0.494 e. The number of anilines is 1. The molecule has 1 rings (SSSR count). The molecule has 0 atom stereocenters. The summed E-state index contributed by atoms with van der Waals surface area (Å²) in [5, 5.41) is 0. The number of ether oxygens (including phenoxy) is 1. The van der Waals surface area contributed by atoms with Crippen LogP contribution in [-0.4, -0.2) is 6.61 Å². The highest BCUT2D eigenvalue weighted by atomic mass is 16.5. The monoisotopic (exact) mass is 163 g/mol. The van der Waals surface area contributed by atoms with Crippen molar-refractivity contribution in [1.29, 1.82) is 0 Å². The van der Waals surface area contributed by atoms with Crippen LogP contribution in [0.25, 0.3) is 5.76 Å². The maximum atomic E-state index is 5.71. The molecule has 0 unspecified atom stereocenters. The van der Waals surface area contributed by atoms with E-state index >= 15 is 0 Å². The number of hydrogen-bond acceptors (Lipinski definition) is 2. The van der Waals surface area contributed by atoms with Crippen LogP contribution in [0.2, 0.25) is 0 Å². The Hall–Kier alpha value is -1.44. The summed E-state index contributed by atoms with van der Waals surface area (Å²) >= 11 is 0. The molecule has 0 aliphatic rings. The number of benzene rings is 1. The Balaban J connectivity index is 2.87. The van der Waals surface area contributed by atoms with Crippen LogP contribution < -0.4 is 5.73 Å². The molecule has 12 heavy (non-hydrogen) atoms. The van der Waals surface area contributed by atoms with Gasteiger partial charge < -0.3 is 10.5 Å². The SMILES string of the molecule is C=C(OCC)c1ccccc1N. The van der Waals surface area contributed by atoms with E-state index in [4.69, 9.17) is 10.5 Å². The third-order valence-corrected chi connectivity index (χ3v) is 1.58. The smallest absolute Gasteiger partial charge is 0.121 e. The van der Waals surface area contributed by atoms with Crippen LogP contribution in [0.3, 0.4) is 0 Å². The molecule has 0 spiro atoms. The zero-order valence-corrected chi connectivity index (χ0v) is 7.21. The van der Waals surface area contributed by atoms with Gasteiger partial charge in [0.05, 0.1) is 6.61 Å². The van der Waals surface area contributed by atoms with Gasteiger partial charge in [0.2, 0.25) is 0 Å². The third-order valence-electron chi connectivity index (χ3n) is 1.58. The number of rotatable bonds is 3. The Kier molecular flexibility index (Phi) is 2.75. The normalized spacial score (nSPS) is 9.42. The average Bonchev–Trinajstić information content (AvgIpc) is 2.05. The molecule has 0 aliphatic heterocycles. The van der Waals surface area contributed by atoms with Gasteiger partial charge in [-0.2, -0.15) is 0 Å². The first-order valence-electron chi connectivity index (χ1n) is 3.92. The molecule has 0 aliphatic carbocycles. The molecule has 2 N–H and O–H groups in total. The van der Waals surface area contributed by atoms with Gasteiger partial charge in [-0.3, -0.25) is 0 Å². The molecule has 64 valence electrons. The van der Waals surface area contributed by atoms with Crippen LogP contribution in [0.4, 0.5) is 5.69 Å². The molecule has 0 amide bonds. The molecule has 0 radical (unpaired) electrons. The molecular weight excluding hydrogens is 150 g/mol. The number of nitrogen functional groups attached to an aromatic ring is 1. The molecule has 2 nitrogen and oxygen atoms in total. The first kappa shape index (κ1) is 8.65. The summed E-state index contributed by atoms with van der Waals surface area (Å²) in [5.41, 5.74) is 7.29. The van der Waals surface area contributed by atoms with Crippen LogP contribution >= 0.6 is 0 Å². The van der Waals surface area contributed by atoms with Gasteiger partial charge in [0.25, 0.3) is 0 Å². The first-order chi connectivity index (χ1) is 5.75. The van der Waals surface area contributed by atoms with Crippen LogP contribution in [0.1, 0.15) is 12.5 Å². The Bertz CT molecular complexity index is 281. The van der Waals surface area contributed by atoms with Crippen molar-refractivity contribution in [3.8, 4) is 0 Å². The van der Waals surface area contributed by atoms with Gasteiger partial charge in [0, 0.05) is 11.3 Å². The standard InChI is InChI=1S/C10H13NO/c1-3-12-8(2)9-6-4-5-7-10(9)11/h4-7H,2-3,11H2,1H3. The summed E-state index contributed by atoms with van der Waals surface area (Å²) in [7, 11) is 0. The second kappa shape index (κ2) is 3.81. The summed E-state index contributed by atoms with van der Waals surface area (Å²) in [5.74, 6) is 0.635. The van der Waals surface area contributed by atoms with Gasteiger partial charge in [-0.05, 0) is 19.1 Å². The van der Waals surface area contributed by atoms with Crippen LogP contribution in [0.15, 0.2) is 30.8 Å². The van der Waals surface area contributed by atoms with Crippen LogP contribution in [0.5, 0.6) is 0 Å². The van der Waals surface area contributed by atoms with Crippen molar-refractivity contribution in [2.24, 2.45) is 0 Å². The Morgan fingerprint density at radius 2 is 2.17 bits per heavy atom. The lowest BCUT2D eigenvalue weighted by molar-refractivity contribution is 0.299. The lowest BCUT2D eigenvalue weighted by atomic mass is 10.1. The van der Waals surface area contributed by atoms with Gasteiger partial charge in [-0.15, -0.1) is 0 Å². The molecule has 2 heteroatoms. The predicted molar refractivity (Wildman–Crippen MR) is 51.5 cm³/mol. The Morgan fingerprint density at radius 3 is 2.75 bits per heavy atom. The molecule has 0 saturated carbocycles. The molecule has 0 saturated heterocycles. The van der Waals surface area contributed by atoms with Crippen molar-refractivity contribution in [2.45, 2.75) is 6.92 Å². The highest BCUT2D eigenvalue weighted by Gasteiger charge is 2.01. The van der Waals surface area contributed by atoms with E-state index in [0.717, 1.165) is 5.56 Å². The van der Waals surface area contributed by atoms with Crippen molar-refractivity contribution in [1.82, 2.24) is 0 Å². The minimum atomic E-state index is 0.618. The van der Waals surface area contributed by atoms with Crippen LogP contribution in [0, 0.1) is 0 Å². The molecule has 0 aromatic heterocycles. The quantitative estimate of drug-likeness (QED) is 0.548. The molecular formula is C10H13NO. The van der Waals surface area contributed by atoms with E-state index in [9.17, 15) is 0 Å². The molecule has 0 heterocycles.